The number of hydrogen-bond acceptors (Lipinski definition) is 6. The highest BCUT2D eigenvalue weighted by Gasteiger charge is 2.30. The molecule has 2 atom stereocenters. The van der Waals surface area contributed by atoms with Gasteiger partial charge >= 0.3 is 0 Å². The van der Waals surface area contributed by atoms with Crippen LogP contribution < -0.4 is 11.1 Å². The Balaban J connectivity index is 1.58. The Kier molecular flexibility index (Phi) is 7.93. The molecule has 1 amide bonds. The van der Waals surface area contributed by atoms with E-state index in [1.165, 1.54) is 0 Å². The monoisotopic (exact) mass is 497 g/mol. The minimum Gasteiger partial charge on any atom is -0.333 e. The van der Waals surface area contributed by atoms with E-state index in [1.54, 1.807) is 30.3 Å². The van der Waals surface area contributed by atoms with Crippen molar-refractivity contribution in [2.75, 3.05) is 31.1 Å². The standard InChI is InChI=1S/C26H31N3O3S2/c27-20(18-33)16-19-10-11-25(24-9-5-4-8-23(19)24)26(30)29-14-13-28-17-21(29)12-15-34(31,32)22-6-2-1-3-7-22/h1-11,20-21,28,33H,12-18,27H2/t20-,21+/m1/s1. The van der Waals surface area contributed by atoms with Gasteiger partial charge in [0.1, 0.15) is 0 Å². The number of amides is 1. The van der Waals surface area contributed by atoms with Crippen molar-refractivity contribution in [3.05, 3.63) is 77.9 Å². The molecule has 3 aromatic rings. The van der Waals surface area contributed by atoms with Crippen molar-refractivity contribution in [3.63, 3.8) is 0 Å². The van der Waals surface area contributed by atoms with Crippen LogP contribution in [0.4, 0.5) is 0 Å². The number of carbonyl (C=O) groups is 1. The van der Waals surface area contributed by atoms with Gasteiger partial charge in [0.25, 0.3) is 5.91 Å². The first-order valence-corrected chi connectivity index (χ1v) is 13.9. The number of sulfone groups is 1. The Labute approximate surface area is 206 Å². The Hall–Kier alpha value is -2.39. The van der Waals surface area contributed by atoms with Crippen molar-refractivity contribution in [1.29, 1.82) is 0 Å². The first-order valence-electron chi connectivity index (χ1n) is 11.6. The highest BCUT2D eigenvalue weighted by molar-refractivity contribution is 7.91. The largest absolute Gasteiger partial charge is 0.333 e. The summed E-state index contributed by atoms with van der Waals surface area (Å²) in [6, 6.07) is 20.0. The summed E-state index contributed by atoms with van der Waals surface area (Å²) in [5.41, 5.74) is 7.86. The fourth-order valence-electron chi connectivity index (χ4n) is 4.55. The van der Waals surface area contributed by atoms with Crippen molar-refractivity contribution in [2.45, 2.75) is 29.8 Å². The average Bonchev–Trinajstić information content (AvgIpc) is 2.88. The molecule has 1 heterocycles. The molecule has 0 aliphatic carbocycles. The van der Waals surface area contributed by atoms with Gasteiger partial charge in [-0.15, -0.1) is 0 Å². The molecule has 4 rings (SSSR count). The predicted molar refractivity (Wildman–Crippen MR) is 140 cm³/mol. The summed E-state index contributed by atoms with van der Waals surface area (Å²) < 4.78 is 25.6. The fraction of sp³-hybridized carbons (Fsp3) is 0.346. The number of hydrogen-bond donors (Lipinski definition) is 3. The minimum atomic E-state index is -3.41. The lowest BCUT2D eigenvalue weighted by Crippen LogP contribution is -2.54. The molecule has 0 radical (unpaired) electrons. The van der Waals surface area contributed by atoms with Crippen molar-refractivity contribution in [3.8, 4) is 0 Å². The number of nitrogens with zero attached hydrogens (tertiary/aromatic N) is 1. The van der Waals surface area contributed by atoms with Gasteiger partial charge in [-0.2, -0.15) is 12.6 Å². The molecule has 1 aliphatic rings. The number of fused-ring (bicyclic) bond motifs is 1. The number of piperazine rings is 1. The molecule has 6 nitrogen and oxygen atoms in total. The van der Waals surface area contributed by atoms with Crippen LogP contribution in [-0.4, -0.2) is 62.4 Å². The van der Waals surface area contributed by atoms with E-state index < -0.39 is 9.84 Å². The second-order valence-corrected chi connectivity index (χ2v) is 11.2. The summed E-state index contributed by atoms with van der Waals surface area (Å²) in [6.45, 7) is 1.79. The molecule has 1 saturated heterocycles. The lowest BCUT2D eigenvalue weighted by atomic mass is 9.95. The van der Waals surface area contributed by atoms with Gasteiger partial charge < -0.3 is 16.0 Å². The third-order valence-corrected chi connectivity index (χ3v) is 8.63. The highest BCUT2D eigenvalue weighted by Crippen LogP contribution is 2.26. The number of benzene rings is 3. The van der Waals surface area contributed by atoms with Gasteiger partial charge in [-0.3, -0.25) is 4.79 Å². The van der Waals surface area contributed by atoms with E-state index in [-0.39, 0.29) is 23.7 Å². The predicted octanol–water partition coefficient (Wildman–Crippen LogP) is 2.92. The molecule has 3 aromatic carbocycles. The Bertz CT molecular complexity index is 1250. The van der Waals surface area contributed by atoms with E-state index in [9.17, 15) is 13.2 Å². The number of carbonyl (C=O) groups excluding carboxylic acids is 1. The number of thiol groups is 1. The minimum absolute atomic E-state index is 0.00551. The maximum Gasteiger partial charge on any atom is 0.254 e. The SMILES string of the molecule is N[C@@H](CS)Cc1ccc(C(=O)N2CCNC[C@@H]2CCS(=O)(=O)c2ccccc2)c2ccccc12. The van der Waals surface area contributed by atoms with Crippen LogP contribution in [0.3, 0.4) is 0 Å². The fourth-order valence-corrected chi connectivity index (χ4v) is 6.07. The summed E-state index contributed by atoms with van der Waals surface area (Å²) in [5, 5.41) is 5.22. The van der Waals surface area contributed by atoms with Gasteiger partial charge in [0.15, 0.2) is 9.84 Å². The molecule has 8 heteroatoms. The van der Waals surface area contributed by atoms with Gasteiger partial charge in [-0.1, -0.05) is 48.5 Å². The number of rotatable bonds is 8. The second-order valence-electron chi connectivity index (χ2n) is 8.74. The van der Waals surface area contributed by atoms with Gasteiger partial charge in [-0.05, 0) is 47.4 Å². The van der Waals surface area contributed by atoms with Crippen LogP contribution in [0.5, 0.6) is 0 Å². The van der Waals surface area contributed by atoms with Crippen molar-refractivity contribution in [2.24, 2.45) is 5.73 Å². The van der Waals surface area contributed by atoms with E-state index in [0.717, 1.165) is 16.3 Å². The maximum atomic E-state index is 13.7. The Morgan fingerprint density at radius 2 is 1.76 bits per heavy atom. The topological polar surface area (TPSA) is 92.5 Å². The Morgan fingerprint density at radius 3 is 2.50 bits per heavy atom. The zero-order valence-electron chi connectivity index (χ0n) is 19.1. The molecule has 0 bridgehead atoms. The third-order valence-electron chi connectivity index (χ3n) is 6.39. The molecule has 1 fully saturated rings. The third kappa shape index (κ3) is 5.46. The van der Waals surface area contributed by atoms with E-state index in [2.05, 4.69) is 17.9 Å². The van der Waals surface area contributed by atoms with Crippen LogP contribution in [0, 0.1) is 0 Å². The lowest BCUT2D eigenvalue weighted by Gasteiger charge is -2.36. The maximum absolute atomic E-state index is 13.7. The molecule has 0 unspecified atom stereocenters. The number of nitrogens with two attached hydrogens (primary N) is 1. The van der Waals surface area contributed by atoms with Crippen molar-refractivity contribution >= 4 is 39.1 Å². The molecule has 0 saturated carbocycles. The summed E-state index contributed by atoms with van der Waals surface area (Å²) in [5.74, 6) is 0.516. The smallest absolute Gasteiger partial charge is 0.254 e. The molecule has 34 heavy (non-hydrogen) atoms. The quantitative estimate of drug-likeness (QED) is 0.416. The number of nitrogens with one attached hydrogen (secondary N) is 1. The van der Waals surface area contributed by atoms with Crippen LogP contribution in [0.1, 0.15) is 22.3 Å². The van der Waals surface area contributed by atoms with Gasteiger partial charge in [-0.25, -0.2) is 8.42 Å². The van der Waals surface area contributed by atoms with Crippen LogP contribution in [0.15, 0.2) is 71.6 Å². The van der Waals surface area contributed by atoms with Gasteiger partial charge in [0.05, 0.1) is 10.6 Å². The van der Waals surface area contributed by atoms with Crippen molar-refractivity contribution < 1.29 is 13.2 Å². The molecular weight excluding hydrogens is 466 g/mol. The summed E-state index contributed by atoms with van der Waals surface area (Å²) >= 11 is 4.30. The summed E-state index contributed by atoms with van der Waals surface area (Å²) in [4.78, 5) is 15.9. The molecule has 0 spiro atoms. The van der Waals surface area contributed by atoms with Gasteiger partial charge in [0, 0.05) is 43.0 Å². The Morgan fingerprint density at radius 1 is 1.06 bits per heavy atom. The van der Waals surface area contributed by atoms with E-state index in [0.29, 0.717) is 48.7 Å². The second kappa shape index (κ2) is 10.9. The lowest BCUT2D eigenvalue weighted by molar-refractivity contribution is 0.0634. The van der Waals surface area contributed by atoms with Crippen LogP contribution in [0.25, 0.3) is 10.8 Å². The molecule has 0 aromatic heterocycles. The first-order chi connectivity index (χ1) is 16.4. The van der Waals surface area contributed by atoms with Crippen molar-refractivity contribution in [1.82, 2.24) is 10.2 Å². The van der Waals surface area contributed by atoms with Crippen LogP contribution in [-0.2, 0) is 16.3 Å². The van der Waals surface area contributed by atoms with Gasteiger partial charge in [0.2, 0.25) is 0 Å². The van der Waals surface area contributed by atoms with E-state index >= 15 is 0 Å². The molecular formula is C26H31N3O3S2. The summed E-state index contributed by atoms with van der Waals surface area (Å²) in [6.07, 6.45) is 1.06. The van der Waals surface area contributed by atoms with E-state index in [4.69, 9.17) is 5.73 Å². The molecule has 180 valence electrons. The van der Waals surface area contributed by atoms with Crippen LogP contribution in [0.2, 0.25) is 0 Å². The molecule has 1 aliphatic heterocycles. The normalized spacial score (nSPS) is 17.6. The van der Waals surface area contributed by atoms with E-state index in [1.807, 2.05) is 41.3 Å². The summed E-state index contributed by atoms with van der Waals surface area (Å²) in [7, 11) is -3.41. The average molecular weight is 498 g/mol. The van der Waals surface area contributed by atoms with Crippen LogP contribution >= 0.6 is 12.6 Å². The zero-order chi connectivity index (χ0) is 24.1. The highest BCUT2D eigenvalue weighted by atomic mass is 32.2. The molecule has 3 N–H and O–H groups in total. The zero-order valence-corrected chi connectivity index (χ0v) is 20.8. The first kappa shape index (κ1) is 24.7.